The van der Waals surface area contributed by atoms with Crippen molar-refractivity contribution in [3.05, 3.63) is 58.1 Å². The molecule has 0 aliphatic heterocycles. The molecule has 1 fully saturated rings. The molecule has 1 N–H and O–H groups in total. The van der Waals surface area contributed by atoms with Gasteiger partial charge in [-0.3, -0.25) is 9.69 Å². The van der Waals surface area contributed by atoms with E-state index in [0.717, 1.165) is 24.2 Å². The van der Waals surface area contributed by atoms with Crippen LogP contribution in [0, 0.1) is 0 Å². The number of benzene rings is 2. The van der Waals surface area contributed by atoms with Crippen molar-refractivity contribution >= 4 is 34.8 Å². The summed E-state index contributed by atoms with van der Waals surface area (Å²) >= 11 is 12.0. The Morgan fingerprint density at radius 2 is 2.00 bits per heavy atom. The number of carbonyl (C=O) groups excluding carboxylic acids is 1. The van der Waals surface area contributed by atoms with E-state index in [0.29, 0.717) is 34.9 Å². The van der Waals surface area contributed by atoms with Crippen LogP contribution in [0.2, 0.25) is 10.0 Å². The molecule has 3 rings (SSSR count). The zero-order valence-electron chi connectivity index (χ0n) is 14.0. The second-order valence-corrected chi connectivity index (χ2v) is 6.96. The second-order valence-electron chi connectivity index (χ2n) is 6.12. The van der Waals surface area contributed by atoms with E-state index in [-0.39, 0.29) is 5.91 Å². The van der Waals surface area contributed by atoms with Gasteiger partial charge >= 0.3 is 0 Å². The predicted molar refractivity (Wildman–Crippen MR) is 102 cm³/mol. The van der Waals surface area contributed by atoms with Crippen molar-refractivity contribution in [1.29, 1.82) is 0 Å². The number of ether oxygens (including phenoxy) is 1. The summed E-state index contributed by atoms with van der Waals surface area (Å²) in [4.78, 5) is 14.6. The van der Waals surface area contributed by atoms with Crippen molar-refractivity contribution in [3.8, 4) is 5.75 Å². The number of nitrogens with zero attached hydrogens (tertiary/aromatic N) is 1. The first-order valence-electron chi connectivity index (χ1n) is 8.17. The molecule has 0 saturated heterocycles. The third-order valence-electron chi connectivity index (χ3n) is 4.18. The number of carbonyl (C=O) groups is 1. The number of rotatable bonds is 7. The maximum absolute atomic E-state index is 12.5. The van der Waals surface area contributed by atoms with Crippen LogP contribution in [0.15, 0.2) is 42.5 Å². The van der Waals surface area contributed by atoms with E-state index in [2.05, 4.69) is 10.2 Å². The molecular formula is C19H20Cl2N2O2. The molecule has 6 heteroatoms. The number of nitrogens with one attached hydrogen (secondary N) is 1. The number of hydrogen-bond acceptors (Lipinski definition) is 3. The molecular weight excluding hydrogens is 359 g/mol. The number of para-hydroxylation sites is 1. The van der Waals surface area contributed by atoms with E-state index in [4.69, 9.17) is 27.9 Å². The van der Waals surface area contributed by atoms with Gasteiger partial charge < -0.3 is 10.1 Å². The molecule has 0 unspecified atom stereocenters. The lowest BCUT2D eigenvalue weighted by molar-refractivity contribution is -0.117. The van der Waals surface area contributed by atoms with Crippen LogP contribution in [0.4, 0.5) is 5.69 Å². The predicted octanol–water partition coefficient (Wildman–Crippen LogP) is 4.61. The summed E-state index contributed by atoms with van der Waals surface area (Å²) in [6, 6.07) is 13.4. The Bertz CT molecular complexity index is 763. The molecule has 0 bridgehead atoms. The fraction of sp³-hybridized carbons (Fsp3) is 0.316. The van der Waals surface area contributed by atoms with Crippen molar-refractivity contribution in [1.82, 2.24) is 4.90 Å². The van der Waals surface area contributed by atoms with Crippen molar-refractivity contribution in [2.24, 2.45) is 0 Å². The largest absolute Gasteiger partial charge is 0.496 e. The Morgan fingerprint density at radius 1 is 1.24 bits per heavy atom. The summed E-state index contributed by atoms with van der Waals surface area (Å²) in [5.74, 6) is 0.750. The molecule has 25 heavy (non-hydrogen) atoms. The Hall–Kier alpha value is -1.75. The molecule has 2 aromatic carbocycles. The third-order valence-corrected chi connectivity index (χ3v) is 4.73. The Labute approximate surface area is 157 Å². The van der Waals surface area contributed by atoms with Gasteiger partial charge in [-0.2, -0.15) is 0 Å². The molecule has 1 aliphatic carbocycles. The van der Waals surface area contributed by atoms with Crippen molar-refractivity contribution in [3.63, 3.8) is 0 Å². The first kappa shape index (κ1) is 18.1. The number of anilines is 1. The van der Waals surface area contributed by atoms with Crippen molar-refractivity contribution < 1.29 is 9.53 Å². The topological polar surface area (TPSA) is 41.6 Å². The van der Waals surface area contributed by atoms with Crippen LogP contribution in [0.1, 0.15) is 18.4 Å². The normalized spacial score (nSPS) is 13.8. The van der Waals surface area contributed by atoms with E-state index < -0.39 is 0 Å². The van der Waals surface area contributed by atoms with Gasteiger partial charge in [-0.1, -0.05) is 41.4 Å². The summed E-state index contributed by atoms with van der Waals surface area (Å²) in [5.41, 5.74) is 1.65. The van der Waals surface area contributed by atoms with Gasteiger partial charge in [-0.05, 0) is 37.1 Å². The van der Waals surface area contributed by atoms with Gasteiger partial charge in [-0.25, -0.2) is 0 Å². The smallest absolute Gasteiger partial charge is 0.238 e. The summed E-state index contributed by atoms with van der Waals surface area (Å²) in [6.45, 7) is 0.984. The first-order chi connectivity index (χ1) is 12.1. The molecule has 0 radical (unpaired) electrons. The summed E-state index contributed by atoms with van der Waals surface area (Å²) in [6.07, 6.45) is 2.23. The highest BCUT2D eigenvalue weighted by Gasteiger charge is 2.30. The number of amides is 1. The minimum absolute atomic E-state index is 0.0916. The highest BCUT2D eigenvalue weighted by molar-refractivity contribution is 6.36. The molecule has 0 aromatic heterocycles. The fourth-order valence-electron chi connectivity index (χ4n) is 2.77. The zero-order valence-corrected chi connectivity index (χ0v) is 15.5. The van der Waals surface area contributed by atoms with Gasteiger partial charge in [0.1, 0.15) is 5.75 Å². The molecule has 0 heterocycles. The van der Waals surface area contributed by atoms with E-state index in [1.165, 1.54) is 0 Å². The average Bonchev–Trinajstić information content (AvgIpc) is 3.42. The van der Waals surface area contributed by atoms with Gasteiger partial charge in [0.2, 0.25) is 5.91 Å². The Kier molecular flexibility index (Phi) is 5.84. The molecule has 132 valence electrons. The summed E-state index contributed by atoms with van der Waals surface area (Å²) in [5, 5.41) is 3.84. The van der Waals surface area contributed by atoms with Gasteiger partial charge in [0.05, 0.1) is 24.4 Å². The molecule has 1 amide bonds. The van der Waals surface area contributed by atoms with Crippen molar-refractivity contribution in [2.75, 3.05) is 19.0 Å². The van der Waals surface area contributed by atoms with Crippen LogP contribution < -0.4 is 10.1 Å². The highest BCUT2D eigenvalue weighted by atomic mass is 35.5. The van der Waals surface area contributed by atoms with Gasteiger partial charge in [-0.15, -0.1) is 0 Å². The SMILES string of the molecule is COc1ccccc1CN(CC(=O)Nc1ccc(Cl)cc1Cl)C1CC1. The van der Waals surface area contributed by atoms with E-state index >= 15 is 0 Å². The van der Waals surface area contributed by atoms with E-state index in [9.17, 15) is 4.79 Å². The van der Waals surface area contributed by atoms with Crippen LogP contribution in [0.3, 0.4) is 0 Å². The lowest BCUT2D eigenvalue weighted by Crippen LogP contribution is -2.34. The lowest BCUT2D eigenvalue weighted by atomic mass is 10.2. The second kappa shape index (κ2) is 8.09. The van der Waals surface area contributed by atoms with Gasteiger partial charge in [0.25, 0.3) is 0 Å². The van der Waals surface area contributed by atoms with E-state index in [1.807, 2.05) is 24.3 Å². The minimum Gasteiger partial charge on any atom is -0.496 e. The Morgan fingerprint density at radius 3 is 2.68 bits per heavy atom. The quantitative estimate of drug-likeness (QED) is 0.764. The summed E-state index contributed by atoms with van der Waals surface area (Å²) in [7, 11) is 1.66. The van der Waals surface area contributed by atoms with Crippen LogP contribution in [0.25, 0.3) is 0 Å². The number of halogens is 2. The molecule has 2 aromatic rings. The molecule has 0 spiro atoms. The van der Waals surface area contributed by atoms with Gasteiger partial charge in [0, 0.05) is 23.2 Å². The zero-order chi connectivity index (χ0) is 17.8. The van der Waals surface area contributed by atoms with Gasteiger partial charge in [0.15, 0.2) is 0 Å². The minimum atomic E-state index is -0.0916. The molecule has 1 saturated carbocycles. The third kappa shape index (κ3) is 4.88. The number of methoxy groups -OCH3 is 1. The monoisotopic (exact) mass is 378 g/mol. The highest BCUT2D eigenvalue weighted by Crippen LogP contribution is 2.30. The number of hydrogen-bond donors (Lipinski definition) is 1. The summed E-state index contributed by atoms with van der Waals surface area (Å²) < 4.78 is 5.42. The first-order valence-corrected chi connectivity index (χ1v) is 8.93. The van der Waals surface area contributed by atoms with Crippen LogP contribution in [-0.4, -0.2) is 30.5 Å². The molecule has 4 nitrogen and oxygen atoms in total. The fourth-order valence-corrected chi connectivity index (χ4v) is 3.23. The lowest BCUT2D eigenvalue weighted by Gasteiger charge is -2.22. The van der Waals surface area contributed by atoms with E-state index in [1.54, 1.807) is 25.3 Å². The average molecular weight is 379 g/mol. The Balaban J connectivity index is 1.66. The maximum atomic E-state index is 12.5. The van der Waals surface area contributed by atoms with Crippen LogP contribution in [-0.2, 0) is 11.3 Å². The standard InChI is InChI=1S/C19H20Cl2N2O2/c1-25-18-5-3-2-4-13(18)11-23(15-7-8-15)12-19(24)22-17-9-6-14(20)10-16(17)21/h2-6,9-10,15H,7-8,11-12H2,1H3,(H,22,24). The van der Waals surface area contributed by atoms with Crippen LogP contribution >= 0.6 is 23.2 Å². The molecule has 1 aliphatic rings. The van der Waals surface area contributed by atoms with Crippen LogP contribution in [0.5, 0.6) is 5.75 Å². The van der Waals surface area contributed by atoms with Crippen molar-refractivity contribution in [2.45, 2.75) is 25.4 Å². The maximum Gasteiger partial charge on any atom is 0.238 e. The molecule has 0 atom stereocenters.